The minimum absolute atomic E-state index is 0.214. The number of likely N-dealkylation sites (tertiary alicyclic amines) is 1. The maximum Gasteiger partial charge on any atom is 0.288 e. The monoisotopic (exact) mass is 419 g/mol. The molecule has 0 bridgehead atoms. The number of nitrogens with zero attached hydrogens (tertiary/aromatic N) is 2. The first-order chi connectivity index (χ1) is 13.7. The number of piperidine rings is 1. The standard InChI is InChI=1S/C20H25N3O5S/c1-29(27,28)20-12-17(6-7-19(20)23(25)26)21-13-15-4-2-3-5-16(15)14-22-10-8-18(24)9-11-22/h2-7,12,18,21,24H,8-11,13-14H2,1H3. The Bertz CT molecular complexity index is 985. The van der Waals surface area contributed by atoms with Crippen molar-refractivity contribution in [3.05, 3.63) is 63.7 Å². The topological polar surface area (TPSA) is 113 Å². The van der Waals surface area contributed by atoms with Crippen LogP contribution in [0.25, 0.3) is 0 Å². The normalized spacial score (nSPS) is 15.9. The molecule has 0 spiro atoms. The van der Waals surface area contributed by atoms with E-state index in [-0.39, 0.29) is 11.0 Å². The summed E-state index contributed by atoms with van der Waals surface area (Å²) in [5, 5.41) is 24.0. The highest BCUT2D eigenvalue weighted by molar-refractivity contribution is 7.90. The van der Waals surface area contributed by atoms with Crippen molar-refractivity contribution in [2.75, 3.05) is 24.7 Å². The molecule has 2 aromatic rings. The Morgan fingerprint density at radius 1 is 1.17 bits per heavy atom. The van der Waals surface area contributed by atoms with E-state index in [4.69, 9.17) is 0 Å². The Kier molecular flexibility index (Phi) is 6.51. The number of hydrogen-bond acceptors (Lipinski definition) is 7. The molecule has 0 aliphatic carbocycles. The summed E-state index contributed by atoms with van der Waals surface area (Å²) in [5.74, 6) is 0. The number of nitrogens with one attached hydrogen (secondary N) is 1. The van der Waals surface area contributed by atoms with Crippen molar-refractivity contribution in [1.29, 1.82) is 0 Å². The van der Waals surface area contributed by atoms with E-state index in [9.17, 15) is 23.6 Å². The van der Waals surface area contributed by atoms with E-state index >= 15 is 0 Å². The Morgan fingerprint density at radius 3 is 2.45 bits per heavy atom. The molecule has 0 atom stereocenters. The largest absolute Gasteiger partial charge is 0.393 e. The van der Waals surface area contributed by atoms with Crippen LogP contribution in [-0.2, 0) is 22.9 Å². The fourth-order valence-corrected chi connectivity index (χ4v) is 4.34. The molecule has 2 aromatic carbocycles. The molecule has 3 rings (SSSR count). The van der Waals surface area contributed by atoms with Gasteiger partial charge in [-0.2, -0.15) is 0 Å². The number of benzene rings is 2. The average molecular weight is 420 g/mol. The van der Waals surface area contributed by atoms with Gasteiger partial charge in [-0.1, -0.05) is 24.3 Å². The van der Waals surface area contributed by atoms with Crippen molar-refractivity contribution < 1.29 is 18.4 Å². The molecule has 1 aliphatic heterocycles. The SMILES string of the molecule is CS(=O)(=O)c1cc(NCc2ccccc2CN2CCC(O)CC2)ccc1[N+](=O)[O-]. The maximum absolute atomic E-state index is 11.9. The molecule has 0 radical (unpaired) electrons. The lowest BCUT2D eigenvalue weighted by Crippen LogP contribution is -2.35. The molecule has 0 saturated carbocycles. The van der Waals surface area contributed by atoms with Crippen molar-refractivity contribution in [3.8, 4) is 0 Å². The van der Waals surface area contributed by atoms with Gasteiger partial charge in [0.15, 0.2) is 9.84 Å². The summed E-state index contributed by atoms with van der Waals surface area (Å²) >= 11 is 0. The molecule has 0 aromatic heterocycles. The van der Waals surface area contributed by atoms with Crippen LogP contribution in [-0.4, -0.2) is 48.8 Å². The van der Waals surface area contributed by atoms with E-state index in [0.717, 1.165) is 49.9 Å². The number of hydrogen-bond donors (Lipinski definition) is 2. The first-order valence-electron chi connectivity index (χ1n) is 9.43. The lowest BCUT2D eigenvalue weighted by Gasteiger charge is -2.30. The Balaban J connectivity index is 1.74. The highest BCUT2D eigenvalue weighted by atomic mass is 32.2. The summed E-state index contributed by atoms with van der Waals surface area (Å²) in [7, 11) is -3.72. The molecule has 1 fully saturated rings. The maximum atomic E-state index is 11.9. The number of rotatable bonds is 7. The van der Waals surface area contributed by atoms with Crippen LogP contribution in [0.5, 0.6) is 0 Å². The van der Waals surface area contributed by atoms with E-state index in [2.05, 4.69) is 16.3 Å². The summed E-state index contributed by atoms with van der Waals surface area (Å²) in [4.78, 5) is 12.4. The van der Waals surface area contributed by atoms with Crippen LogP contribution in [0.15, 0.2) is 47.4 Å². The van der Waals surface area contributed by atoms with Gasteiger partial charge in [-0.25, -0.2) is 8.42 Å². The molecule has 1 saturated heterocycles. The van der Waals surface area contributed by atoms with Crippen molar-refractivity contribution in [1.82, 2.24) is 4.90 Å². The van der Waals surface area contributed by atoms with Gasteiger partial charge in [0.25, 0.3) is 5.69 Å². The number of sulfone groups is 1. The highest BCUT2D eigenvalue weighted by Gasteiger charge is 2.22. The number of aliphatic hydroxyl groups excluding tert-OH is 1. The van der Waals surface area contributed by atoms with Crippen LogP contribution in [0.1, 0.15) is 24.0 Å². The van der Waals surface area contributed by atoms with Gasteiger partial charge in [0.1, 0.15) is 4.90 Å². The fraction of sp³-hybridized carbons (Fsp3) is 0.400. The van der Waals surface area contributed by atoms with Gasteiger partial charge in [-0.05, 0) is 36.1 Å². The first-order valence-corrected chi connectivity index (χ1v) is 11.3. The molecule has 1 heterocycles. The summed E-state index contributed by atoms with van der Waals surface area (Å²) in [6, 6.07) is 12.0. The zero-order valence-corrected chi connectivity index (χ0v) is 17.1. The van der Waals surface area contributed by atoms with E-state index in [1.807, 2.05) is 18.2 Å². The predicted octanol–water partition coefficient (Wildman–Crippen LogP) is 2.57. The third-order valence-corrected chi connectivity index (χ3v) is 6.23. The molecule has 2 N–H and O–H groups in total. The molecular weight excluding hydrogens is 394 g/mol. The fourth-order valence-electron chi connectivity index (χ4n) is 3.47. The second-order valence-electron chi connectivity index (χ2n) is 7.34. The Labute approximate surface area is 170 Å². The molecule has 0 unspecified atom stereocenters. The molecule has 156 valence electrons. The van der Waals surface area contributed by atoms with Gasteiger partial charge >= 0.3 is 0 Å². The second-order valence-corrected chi connectivity index (χ2v) is 9.33. The number of nitro groups is 1. The smallest absolute Gasteiger partial charge is 0.288 e. The number of anilines is 1. The first kappa shape index (κ1) is 21.2. The average Bonchev–Trinajstić information content (AvgIpc) is 2.68. The number of nitro benzene ring substituents is 1. The van der Waals surface area contributed by atoms with E-state index < -0.39 is 20.4 Å². The molecule has 0 amide bonds. The molecule has 8 nitrogen and oxygen atoms in total. The third-order valence-electron chi connectivity index (χ3n) is 5.11. The van der Waals surface area contributed by atoms with Gasteiger partial charge in [0.05, 0.1) is 11.0 Å². The van der Waals surface area contributed by atoms with Crippen LogP contribution >= 0.6 is 0 Å². The summed E-state index contributed by atoms with van der Waals surface area (Å²) < 4.78 is 23.9. The van der Waals surface area contributed by atoms with Crippen molar-refractivity contribution in [2.45, 2.75) is 36.9 Å². The van der Waals surface area contributed by atoms with Crippen molar-refractivity contribution in [2.24, 2.45) is 0 Å². The third kappa shape index (κ3) is 5.53. The van der Waals surface area contributed by atoms with Crippen LogP contribution in [0, 0.1) is 10.1 Å². The molecule has 1 aliphatic rings. The second kappa shape index (κ2) is 8.89. The predicted molar refractivity (Wildman–Crippen MR) is 110 cm³/mol. The van der Waals surface area contributed by atoms with Crippen LogP contribution in [0.3, 0.4) is 0 Å². The lowest BCUT2D eigenvalue weighted by molar-refractivity contribution is -0.387. The van der Waals surface area contributed by atoms with E-state index in [1.165, 1.54) is 18.2 Å². The minimum atomic E-state index is -3.72. The zero-order chi connectivity index (χ0) is 21.0. The van der Waals surface area contributed by atoms with Gasteiger partial charge in [-0.15, -0.1) is 0 Å². The quantitative estimate of drug-likeness (QED) is 0.524. The summed E-state index contributed by atoms with van der Waals surface area (Å²) in [5.41, 5.74) is 2.30. The van der Waals surface area contributed by atoms with E-state index in [1.54, 1.807) is 0 Å². The van der Waals surface area contributed by atoms with Crippen molar-refractivity contribution in [3.63, 3.8) is 0 Å². The van der Waals surface area contributed by atoms with Crippen LogP contribution in [0.2, 0.25) is 0 Å². The van der Waals surface area contributed by atoms with E-state index in [0.29, 0.717) is 12.2 Å². The molecule has 29 heavy (non-hydrogen) atoms. The Hall–Kier alpha value is -2.49. The van der Waals surface area contributed by atoms with Crippen LogP contribution < -0.4 is 5.32 Å². The van der Waals surface area contributed by atoms with Gasteiger partial charge in [0, 0.05) is 44.2 Å². The zero-order valence-electron chi connectivity index (χ0n) is 16.2. The van der Waals surface area contributed by atoms with Gasteiger partial charge in [0.2, 0.25) is 0 Å². The van der Waals surface area contributed by atoms with Crippen LogP contribution in [0.4, 0.5) is 11.4 Å². The summed E-state index contributed by atoms with van der Waals surface area (Å²) in [6.45, 7) is 2.94. The Morgan fingerprint density at radius 2 is 1.83 bits per heavy atom. The summed E-state index contributed by atoms with van der Waals surface area (Å²) in [6.07, 6.45) is 2.30. The van der Waals surface area contributed by atoms with Gasteiger partial charge in [-0.3, -0.25) is 15.0 Å². The van der Waals surface area contributed by atoms with Gasteiger partial charge < -0.3 is 10.4 Å². The highest BCUT2D eigenvalue weighted by Crippen LogP contribution is 2.27. The minimum Gasteiger partial charge on any atom is -0.393 e. The molecular formula is C20H25N3O5S. The lowest BCUT2D eigenvalue weighted by atomic mass is 10.0. The molecule has 9 heteroatoms. The van der Waals surface area contributed by atoms with Crippen molar-refractivity contribution >= 4 is 21.2 Å². The number of aliphatic hydroxyl groups is 1.